The molecule has 1 amide bonds. The van der Waals surface area contributed by atoms with Crippen molar-refractivity contribution in [2.75, 3.05) is 18.5 Å². The molecule has 0 unspecified atom stereocenters. The average molecular weight is 595 g/mol. The quantitative estimate of drug-likeness (QED) is 0.292. The van der Waals surface area contributed by atoms with E-state index < -0.39 is 29.6 Å². The lowest BCUT2D eigenvalue weighted by Crippen LogP contribution is -2.52. The second-order valence-corrected chi connectivity index (χ2v) is 12.2. The molecule has 5 atom stereocenters. The van der Waals surface area contributed by atoms with Crippen LogP contribution in [-0.4, -0.2) is 47.1 Å². The van der Waals surface area contributed by atoms with E-state index in [2.05, 4.69) is 10.2 Å². The molecule has 3 aliphatic rings. The van der Waals surface area contributed by atoms with Crippen LogP contribution in [0.15, 0.2) is 66.7 Å². The number of ether oxygens (including phenoxy) is 1. The van der Waals surface area contributed by atoms with E-state index in [9.17, 15) is 14.7 Å². The van der Waals surface area contributed by atoms with Gasteiger partial charge in [0.1, 0.15) is 5.54 Å². The minimum Gasteiger partial charge on any atom is -0.462 e. The summed E-state index contributed by atoms with van der Waals surface area (Å²) in [6.45, 7) is 2.73. The smallest absolute Gasteiger partial charge is 0.338 e. The predicted molar refractivity (Wildman–Crippen MR) is 159 cm³/mol. The fraction of sp³-hybridized carbons (Fsp3) is 0.375. The number of carbonyl (C=O) groups is 2. The number of nitrogens with two attached hydrogens (primary N) is 1. The van der Waals surface area contributed by atoms with Crippen molar-refractivity contribution in [3.63, 3.8) is 0 Å². The van der Waals surface area contributed by atoms with Gasteiger partial charge >= 0.3 is 5.97 Å². The Bertz CT molecular complexity index is 1480. The van der Waals surface area contributed by atoms with Crippen LogP contribution in [0.3, 0.4) is 0 Å². The largest absolute Gasteiger partial charge is 0.462 e. The van der Waals surface area contributed by atoms with Gasteiger partial charge in [0.25, 0.3) is 0 Å². The summed E-state index contributed by atoms with van der Waals surface area (Å²) in [6, 6.07) is 19.1. The first kappa shape index (κ1) is 28.2. The Morgan fingerprint density at radius 3 is 2.54 bits per heavy atom. The number of likely N-dealkylation sites (tertiary alicyclic amines) is 1. The molecule has 3 aromatic carbocycles. The van der Waals surface area contributed by atoms with E-state index in [4.69, 9.17) is 33.7 Å². The maximum Gasteiger partial charge on any atom is 0.338 e. The molecule has 214 valence electrons. The van der Waals surface area contributed by atoms with E-state index in [-0.39, 0.29) is 18.6 Å². The number of anilines is 1. The van der Waals surface area contributed by atoms with Gasteiger partial charge in [0.15, 0.2) is 0 Å². The van der Waals surface area contributed by atoms with Crippen LogP contribution in [0, 0.1) is 5.92 Å². The third kappa shape index (κ3) is 4.94. The highest BCUT2D eigenvalue weighted by Gasteiger charge is 2.66. The lowest BCUT2D eigenvalue weighted by molar-refractivity contribution is -0.128. The zero-order valence-corrected chi connectivity index (χ0v) is 24.2. The number of rotatable bonds is 8. The Morgan fingerprint density at radius 1 is 1.12 bits per heavy atom. The van der Waals surface area contributed by atoms with Gasteiger partial charge in [-0.15, -0.1) is 0 Å². The van der Waals surface area contributed by atoms with Crippen LogP contribution in [0.2, 0.25) is 10.0 Å². The molecule has 1 saturated heterocycles. The van der Waals surface area contributed by atoms with Gasteiger partial charge in [0.05, 0.1) is 18.3 Å². The number of amides is 1. The van der Waals surface area contributed by atoms with Gasteiger partial charge in [-0.25, -0.2) is 4.79 Å². The third-order valence-corrected chi connectivity index (χ3v) is 9.22. The Balaban J connectivity index is 1.43. The molecule has 0 radical (unpaired) electrons. The lowest BCUT2D eigenvalue weighted by atomic mass is 9.73. The highest BCUT2D eigenvalue weighted by atomic mass is 35.5. The molecule has 0 bridgehead atoms. The molecule has 9 heteroatoms. The van der Waals surface area contributed by atoms with Crippen molar-refractivity contribution in [3.05, 3.63) is 99.0 Å². The molecule has 2 heterocycles. The standard InChI is InChI=1S/C32H33Cl2N3O4/c1-2-41-30(39)20-10-8-19(9-11-20)27(38)16-26-29(35)28(21-4-3-5-22(33)14-21)32(37(26)17-18-6-7-18)24-13-12-23(34)15-25(24)36-31(32)40/h3-5,8-15,18,26-29,38H,2,6-7,16-17,35H2,1H3,(H,36,40)/t26-,27+,28-,29+,32+/m0/s1. The molecule has 41 heavy (non-hydrogen) atoms. The molecule has 6 rings (SSSR count). The van der Waals surface area contributed by atoms with Crippen LogP contribution in [0.25, 0.3) is 0 Å². The molecule has 4 N–H and O–H groups in total. The van der Waals surface area contributed by atoms with E-state index in [0.717, 1.165) is 24.0 Å². The Labute approximate surface area is 249 Å². The first-order valence-electron chi connectivity index (χ1n) is 14.1. The number of aliphatic hydroxyl groups is 1. The van der Waals surface area contributed by atoms with Crippen LogP contribution >= 0.6 is 23.2 Å². The molecular formula is C32H33Cl2N3O4. The molecular weight excluding hydrogens is 561 g/mol. The summed E-state index contributed by atoms with van der Waals surface area (Å²) in [7, 11) is 0. The minimum atomic E-state index is -1.09. The van der Waals surface area contributed by atoms with Crippen molar-refractivity contribution in [2.45, 2.75) is 55.8 Å². The fourth-order valence-electron chi connectivity index (χ4n) is 6.76. The molecule has 1 spiro atoms. The summed E-state index contributed by atoms with van der Waals surface area (Å²) >= 11 is 12.8. The molecule has 1 saturated carbocycles. The second-order valence-electron chi connectivity index (χ2n) is 11.3. The Morgan fingerprint density at radius 2 is 1.85 bits per heavy atom. The van der Waals surface area contributed by atoms with Gasteiger partial charge in [-0.05, 0) is 79.6 Å². The van der Waals surface area contributed by atoms with E-state index in [0.29, 0.717) is 45.7 Å². The monoisotopic (exact) mass is 593 g/mol. The number of nitrogens with one attached hydrogen (secondary N) is 1. The Hall–Kier alpha value is -2.94. The van der Waals surface area contributed by atoms with Crippen molar-refractivity contribution < 1.29 is 19.4 Å². The summed E-state index contributed by atoms with van der Waals surface area (Å²) < 4.78 is 5.09. The molecule has 3 aromatic rings. The van der Waals surface area contributed by atoms with Crippen LogP contribution in [0.5, 0.6) is 0 Å². The predicted octanol–water partition coefficient (Wildman–Crippen LogP) is 5.65. The van der Waals surface area contributed by atoms with Crippen molar-refractivity contribution >= 4 is 40.8 Å². The van der Waals surface area contributed by atoms with Crippen LogP contribution in [0.4, 0.5) is 5.69 Å². The van der Waals surface area contributed by atoms with E-state index >= 15 is 0 Å². The Kier molecular flexibility index (Phi) is 7.59. The van der Waals surface area contributed by atoms with Gasteiger partial charge < -0.3 is 20.9 Å². The summed E-state index contributed by atoms with van der Waals surface area (Å²) in [5, 5.41) is 15.7. The molecule has 1 aliphatic carbocycles. The number of halogens is 2. The topological polar surface area (TPSA) is 105 Å². The van der Waals surface area contributed by atoms with E-state index in [1.165, 1.54) is 0 Å². The van der Waals surface area contributed by atoms with E-state index in [1.54, 1.807) is 37.3 Å². The summed E-state index contributed by atoms with van der Waals surface area (Å²) in [4.78, 5) is 28.6. The summed E-state index contributed by atoms with van der Waals surface area (Å²) in [6.07, 6.45) is 1.61. The van der Waals surface area contributed by atoms with Crippen molar-refractivity contribution in [2.24, 2.45) is 11.7 Å². The van der Waals surface area contributed by atoms with Crippen LogP contribution < -0.4 is 11.1 Å². The highest BCUT2D eigenvalue weighted by Crippen LogP contribution is 2.58. The van der Waals surface area contributed by atoms with Gasteiger partial charge in [-0.1, -0.05) is 53.5 Å². The van der Waals surface area contributed by atoms with Crippen molar-refractivity contribution in [1.82, 2.24) is 4.90 Å². The molecule has 2 fully saturated rings. The third-order valence-electron chi connectivity index (χ3n) is 8.75. The first-order valence-corrected chi connectivity index (χ1v) is 14.8. The second kappa shape index (κ2) is 11.0. The van der Waals surface area contributed by atoms with Gasteiger partial charge in [0, 0.05) is 45.8 Å². The minimum absolute atomic E-state index is 0.147. The number of fused-ring (bicyclic) bond motifs is 2. The number of hydrogen-bond acceptors (Lipinski definition) is 6. The maximum absolute atomic E-state index is 14.3. The zero-order valence-electron chi connectivity index (χ0n) is 22.7. The number of carbonyl (C=O) groups excluding carboxylic acids is 2. The number of benzene rings is 3. The number of esters is 1. The van der Waals surface area contributed by atoms with Crippen molar-refractivity contribution in [1.29, 1.82) is 0 Å². The summed E-state index contributed by atoms with van der Waals surface area (Å²) in [5.74, 6) is -0.526. The SMILES string of the molecule is CCOC(=O)c1ccc([C@H](O)C[C@H]2[C@@H](N)[C@H](c3cccc(Cl)c3)[C@]3(C(=O)Nc4cc(Cl)ccc43)N2CC2CC2)cc1. The van der Waals surface area contributed by atoms with E-state index in [1.807, 2.05) is 36.4 Å². The summed E-state index contributed by atoms with van der Waals surface area (Å²) in [5.41, 5.74) is 9.55. The highest BCUT2D eigenvalue weighted by molar-refractivity contribution is 6.31. The van der Waals surface area contributed by atoms with Gasteiger partial charge in [0.2, 0.25) is 5.91 Å². The molecule has 2 aliphatic heterocycles. The maximum atomic E-state index is 14.3. The normalized spacial score (nSPS) is 26.2. The fourth-order valence-corrected chi connectivity index (χ4v) is 7.13. The number of aliphatic hydroxyl groups excluding tert-OH is 1. The first-order chi connectivity index (χ1) is 19.7. The molecule has 7 nitrogen and oxygen atoms in total. The zero-order chi connectivity index (χ0) is 28.9. The van der Waals surface area contributed by atoms with Gasteiger partial charge in [-0.2, -0.15) is 0 Å². The average Bonchev–Trinajstić information content (AvgIpc) is 3.69. The van der Waals surface area contributed by atoms with Crippen molar-refractivity contribution in [3.8, 4) is 0 Å². The lowest BCUT2D eigenvalue weighted by Gasteiger charge is -2.40. The number of hydrogen-bond donors (Lipinski definition) is 3. The van der Waals surface area contributed by atoms with Crippen LogP contribution in [-0.2, 0) is 15.1 Å². The van der Waals surface area contributed by atoms with Crippen LogP contribution in [0.1, 0.15) is 65.3 Å². The van der Waals surface area contributed by atoms with Gasteiger partial charge in [-0.3, -0.25) is 9.69 Å². The molecule has 0 aromatic heterocycles. The number of nitrogens with zero attached hydrogens (tertiary/aromatic N) is 1.